The summed E-state index contributed by atoms with van der Waals surface area (Å²) in [6.45, 7) is 0. The zero-order chi connectivity index (χ0) is 8.29. The van der Waals surface area contributed by atoms with Crippen LogP contribution in [0.25, 0.3) is 0 Å². The van der Waals surface area contributed by atoms with Crippen LogP contribution in [0.3, 0.4) is 0 Å². The van der Waals surface area contributed by atoms with Gasteiger partial charge < -0.3 is 0 Å². The van der Waals surface area contributed by atoms with Gasteiger partial charge in [-0.3, -0.25) is 0 Å². The number of hydrogen-bond donors (Lipinski definition) is 0. The Morgan fingerprint density at radius 3 is 1.00 bits per heavy atom. The van der Waals surface area contributed by atoms with Crippen molar-refractivity contribution in [3.8, 4) is 0 Å². The molecule has 62 valence electrons. The Morgan fingerprint density at radius 1 is 0.583 bits per heavy atom. The lowest BCUT2D eigenvalue weighted by atomic mass is 9.77. The second-order valence-electron chi connectivity index (χ2n) is 3.54. The molecular formula is C10H8F2. The molecule has 2 heteroatoms. The number of benzene rings is 1. The van der Waals surface area contributed by atoms with E-state index in [-0.39, 0.29) is 11.6 Å². The predicted molar refractivity (Wildman–Crippen MR) is 41.2 cm³/mol. The number of rotatable bonds is 0. The van der Waals surface area contributed by atoms with E-state index in [2.05, 4.69) is 0 Å². The van der Waals surface area contributed by atoms with Gasteiger partial charge in [-0.2, -0.15) is 0 Å². The molecule has 0 unspecified atom stereocenters. The average Bonchev–Trinajstić information content (AvgIpc) is 1.78. The lowest BCUT2D eigenvalue weighted by molar-refractivity contribution is 0.498. The predicted octanol–water partition coefficient (Wildman–Crippen LogP) is 2.16. The van der Waals surface area contributed by atoms with Crippen molar-refractivity contribution in [2.24, 2.45) is 0 Å². The van der Waals surface area contributed by atoms with Gasteiger partial charge in [0, 0.05) is 0 Å². The van der Waals surface area contributed by atoms with E-state index in [1.165, 1.54) is 0 Å². The normalized spacial score (nSPS) is 17.5. The zero-order valence-electron chi connectivity index (χ0n) is 6.58. The van der Waals surface area contributed by atoms with Crippen LogP contribution in [-0.2, 0) is 25.7 Å². The van der Waals surface area contributed by atoms with Crippen molar-refractivity contribution in [3.05, 3.63) is 33.9 Å². The van der Waals surface area contributed by atoms with Gasteiger partial charge in [0.05, 0.1) is 0 Å². The summed E-state index contributed by atoms with van der Waals surface area (Å²) in [5, 5.41) is 0. The third-order valence-electron chi connectivity index (χ3n) is 3.04. The molecule has 0 N–H and O–H groups in total. The molecule has 2 aliphatic carbocycles. The molecule has 1 aromatic carbocycles. The van der Waals surface area contributed by atoms with Gasteiger partial charge in [-0.05, 0) is 47.9 Å². The van der Waals surface area contributed by atoms with E-state index < -0.39 is 0 Å². The fraction of sp³-hybridized carbons (Fsp3) is 0.400. The molecule has 0 radical (unpaired) electrons. The topological polar surface area (TPSA) is 0 Å². The van der Waals surface area contributed by atoms with Crippen molar-refractivity contribution in [2.75, 3.05) is 0 Å². The molecule has 0 heterocycles. The van der Waals surface area contributed by atoms with Crippen LogP contribution < -0.4 is 0 Å². The van der Waals surface area contributed by atoms with E-state index in [9.17, 15) is 8.78 Å². The fourth-order valence-electron chi connectivity index (χ4n) is 2.08. The van der Waals surface area contributed by atoms with E-state index >= 15 is 0 Å². The summed E-state index contributed by atoms with van der Waals surface area (Å²) in [5.41, 5.74) is 2.58. The third kappa shape index (κ3) is 0.542. The summed E-state index contributed by atoms with van der Waals surface area (Å²) in [5.74, 6) is -0.224. The van der Waals surface area contributed by atoms with Gasteiger partial charge in [0.15, 0.2) is 0 Å². The monoisotopic (exact) mass is 166 g/mol. The Labute approximate surface area is 69.2 Å². The van der Waals surface area contributed by atoms with Crippen molar-refractivity contribution in [1.82, 2.24) is 0 Å². The maximum atomic E-state index is 13.4. The molecule has 0 aliphatic heterocycles. The molecule has 0 saturated carbocycles. The Hall–Kier alpha value is -0.920. The maximum Gasteiger partial charge on any atom is 0.130 e. The summed E-state index contributed by atoms with van der Waals surface area (Å²) >= 11 is 0. The van der Waals surface area contributed by atoms with Gasteiger partial charge in [0.1, 0.15) is 11.6 Å². The highest BCUT2D eigenvalue weighted by Gasteiger charge is 2.32. The van der Waals surface area contributed by atoms with Crippen LogP contribution in [-0.4, -0.2) is 0 Å². The molecule has 0 bridgehead atoms. The van der Waals surface area contributed by atoms with E-state index in [1.54, 1.807) is 0 Å². The number of fused-ring (bicyclic) bond motifs is 2. The Kier molecular flexibility index (Phi) is 1.03. The average molecular weight is 166 g/mol. The minimum Gasteiger partial charge on any atom is -0.206 e. The van der Waals surface area contributed by atoms with E-state index in [4.69, 9.17) is 0 Å². The first-order valence-electron chi connectivity index (χ1n) is 4.29. The minimum absolute atomic E-state index is 0.112. The molecule has 12 heavy (non-hydrogen) atoms. The molecule has 0 fully saturated rings. The van der Waals surface area contributed by atoms with Crippen LogP contribution in [0.1, 0.15) is 22.3 Å². The zero-order valence-corrected chi connectivity index (χ0v) is 6.58. The van der Waals surface area contributed by atoms with Crippen molar-refractivity contribution in [1.29, 1.82) is 0 Å². The van der Waals surface area contributed by atoms with E-state index in [0.717, 1.165) is 25.7 Å². The molecule has 0 saturated heterocycles. The standard InChI is InChI=1S/C10H8F2/c11-9-5-1-2-6(5)10(12)8-4-3-7(8)9/h1-4H2. The molecule has 2 aliphatic rings. The van der Waals surface area contributed by atoms with Gasteiger partial charge in [-0.25, -0.2) is 8.78 Å². The first kappa shape index (κ1) is 6.58. The van der Waals surface area contributed by atoms with E-state index in [1.807, 2.05) is 0 Å². The second-order valence-corrected chi connectivity index (χ2v) is 3.54. The van der Waals surface area contributed by atoms with Gasteiger partial charge >= 0.3 is 0 Å². The van der Waals surface area contributed by atoms with Crippen LogP contribution in [0.4, 0.5) is 8.78 Å². The van der Waals surface area contributed by atoms with Crippen molar-refractivity contribution < 1.29 is 8.78 Å². The summed E-state index contributed by atoms with van der Waals surface area (Å²) < 4.78 is 26.7. The van der Waals surface area contributed by atoms with Crippen LogP contribution in [0.15, 0.2) is 0 Å². The first-order chi connectivity index (χ1) is 5.79. The highest BCUT2D eigenvalue weighted by Crippen LogP contribution is 2.38. The molecule has 0 atom stereocenters. The molecule has 0 amide bonds. The molecule has 3 rings (SSSR count). The van der Waals surface area contributed by atoms with Crippen molar-refractivity contribution >= 4 is 0 Å². The smallest absolute Gasteiger partial charge is 0.130 e. The summed E-state index contributed by atoms with van der Waals surface area (Å²) in [7, 11) is 0. The lowest BCUT2D eigenvalue weighted by Gasteiger charge is -2.29. The van der Waals surface area contributed by atoms with Crippen molar-refractivity contribution in [2.45, 2.75) is 25.7 Å². The molecule has 0 spiro atoms. The summed E-state index contributed by atoms with van der Waals surface area (Å²) in [6, 6.07) is 0. The maximum absolute atomic E-state index is 13.4. The summed E-state index contributed by atoms with van der Waals surface area (Å²) in [6.07, 6.45) is 2.91. The van der Waals surface area contributed by atoms with Gasteiger partial charge in [0.2, 0.25) is 0 Å². The first-order valence-corrected chi connectivity index (χ1v) is 4.29. The molecule has 0 nitrogen and oxygen atoms in total. The number of hydrogen-bond acceptors (Lipinski definition) is 0. The van der Waals surface area contributed by atoms with E-state index in [0.29, 0.717) is 22.3 Å². The molecule has 1 aromatic rings. The molecular weight excluding hydrogens is 158 g/mol. The van der Waals surface area contributed by atoms with Crippen LogP contribution in [0, 0.1) is 11.6 Å². The van der Waals surface area contributed by atoms with Crippen LogP contribution in [0.2, 0.25) is 0 Å². The minimum atomic E-state index is -0.112. The Bertz CT molecular complexity index is 283. The highest BCUT2D eigenvalue weighted by molar-refractivity contribution is 5.50. The Balaban J connectivity index is 2.39. The Morgan fingerprint density at radius 2 is 0.833 bits per heavy atom. The van der Waals surface area contributed by atoms with Crippen LogP contribution in [0.5, 0.6) is 0 Å². The van der Waals surface area contributed by atoms with Gasteiger partial charge in [-0.1, -0.05) is 0 Å². The highest BCUT2D eigenvalue weighted by atomic mass is 19.1. The third-order valence-corrected chi connectivity index (χ3v) is 3.04. The van der Waals surface area contributed by atoms with Gasteiger partial charge in [0.25, 0.3) is 0 Å². The quantitative estimate of drug-likeness (QED) is 0.554. The summed E-state index contributed by atoms with van der Waals surface area (Å²) in [4.78, 5) is 0. The molecule has 0 aromatic heterocycles. The number of halogens is 2. The van der Waals surface area contributed by atoms with Gasteiger partial charge in [-0.15, -0.1) is 0 Å². The fourth-order valence-corrected chi connectivity index (χ4v) is 2.08. The largest absolute Gasteiger partial charge is 0.206 e. The van der Waals surface area contributed by atoms with Crippen molar-refractivity contribution in [3.63, 3.8) is 0 Å². The second kappa shape index (κ2) is 1.87. The lowest BCUT2D eigenvalue weighted by Crippen LogP contribution is -2.24. The van der Waals surface area contributed by atoms with Crippen LogP contribution >= 0.6 is 0 Å². The SMILES string of the molecule is Fc1c2c(c(F)c3c1CC3)CC2.